The normalized spacial score (nSPS) is 27.4. The molecule has 2 aromatic rings. The van der Waals surface area contributed by atoms with Crippen molar-refractivity contribution in [2.45, 2.75) is 31.1 Å². The Balaban J connectivity index is 1.68. The highest BCUT2D eigenvalue weighted by atomic mass is 16.5. The van der Waals surface area contributed by atoms with Crippen molar-refractivity contribution in [1.82, 2.24) is 14.7 Å². The maximum atomic E-state index is 13.1. The van der Waals surface area contributed by atoms with Gasteiger partial charge in [-0.25, -0.2) is 0 Å². The van der Waals surface area contributed by atoms with Crippen molar-refractivity contribution in [3.05, 3.63) is 30.0 Å². The average Bonchev–Trinajstić information content (AvgIpc) is 3.15. The van der Waals surface area contributed by atoms with Gasteiger partial charge in [0, 0.05) is 26.1 Å². The van der Waals surface area contributed by atoms with Gasteiger partial charge in [-0.1, -0.05) is 18.2 Å². The van der Waals surface area contributed by atoms with Crippen LogP contribution in [0, 0.1) is 0 Å². The van der Waals surface area contributed by atoms with Crippen molar-refractivity contribution < 1.29 is 14.3 Å². The first kappa shape index (κ1) is 14.7. The number of morpholine rings is 1. The zero-order valence-electron chi connectivity index (χ0n) is 13.4. The Morgan fingerprint density at radius 3 is 3.00 bits per heavy atom. The van der Waals surface area contributed by atoms with E-state index in [2.05, 4.69) is 5.10 Å². The van der Waals surface area contributed by atoms with Gasteiger partial charge in [-0.2, -0.15) is 5.10 Å². The van der Waals surface area contributed by atoms with Crippen molar-refractivity contribution in [2.75, 3.05) is 20.3 Å². The zero-order chi connectivity index (χ0) is 16.0. The van der Waals surface area contributed by atoms with Crippen LogP contribution < -0.4 is 0 Å². The number of hydrogen-bond donors (Lipinski definition) is 0. The number of carbonyl (C=O) groups is 1. The summed E-state index contributed by atoms with van der Waals surface area (Å²) >= 11 is 0. The third-order valence-corrected chi connectivity index (χ3v) is 5.06. The molecule has 2 fully saturated rings. The third-order valence-electron chi connectivity index (χ3n) is 5.06. The molecule has 1 aliphatic carbocycles. The van der Waals surface area contributed by atoms with Crippen LogP contribution in [0.25, 0.3) is 10.9 Å². The molecule has 1 aromatic heterocycles. The molecule has 0 bridgehead atoms. The van der Waals surface area contributed by atoms with Gasteiger partial charge in [0.15, 0.2) is 5.69 Å². The molecule has 1 amide bonds. The molecule has 2 heterocycles. The van der Waals surface area contributed by atoms with Gasteiger partial charge in [-0.3, -0.25) is 9.48 Å². The maximum Gasteiger partial charge on any atom is 0.275 e. The minimum absolute atomic E-state index is 0.00291. The standard InChI is InChI=1S/C17H21N3O3/c1-19-12-6-4-3-5-11(12)15(18-19)17(21)20-9-10-23-16-13(20)7-8-14(16)22-2/h3-6,13-14,16H,7-10H2,1-2H3/t13-,14-,16+/m1/s1. The number of ether oxygens (including phenoxy) is 2. The SMILES string of the molecule is CO[C@@H]1CC[C@@H]2[C@@H]1OCCN2C(=O)c1nn(C)c2ccccc12. The van der Waals surface area contributed by atoms with Crippen molar-refractivity contribution in [3.8, 4) is 0 Å². The number of aryl methyl sites for hydroxylation is 1. The molecule has 1 aliphatic heterocycles. The van der Waals surface area contributed by atoms with Crippen LogP contribution in [0.3, 0.4) is 0 Å². The predicted molar refractivity (Wildman–Crippen MR) is 85.3 cm³/mol. The lowest BCUT2D eigenvalue weighted by Gasteiger charge is -2.38. The summed E-state index contributed by atoms with van der Waals surface area (Å²) in [6.07, 6.45) is 1.90. The van der Waals surface area contributed by atoms with Crippen molar-refractivity contribution in [3.63, 3.8) is 0 Å². The highest BCUT2D eigenvalue weighted by Crippen LogP contribution is 2.33. The van der Waals surface area contributed by atoms with E-state index in [1.807, 2.05) is 36.2 Å². The molecular formula is C17H21N3O3. The lowest BCUT2D eigenvalue weighted by atomic mass is 10.1. The van der Waals surface area contributed by atoms with Crippen LogP contribution in [-0.2, 0) is 16.5 Å². The summed E-state index contributed by atoms with van der Waals surface area (Å²) in [7, 11) is 3.58. The number of hydrogen-bond acceptors (Lipinski definition) is 4. The number of amides is 1. The number of methoxy groups -OCH3 is 1. The molecule has 1 saturated carbocycles. The summed E-state index contributed by atoms with van der Waals surface area (Å²) in [5.41, 5.74) is 1.51. The summed E-state index contributed by atoms with van der Waals surface area (Å²) in [6, 6.07) is 7.93. The van der Waals surface area contributed by atoms with E-state index in [-0.39, 0.29) is 24.2 Å². The van der Waals surface area contributed by atoms with Crippen LogP contribution in [0.2, 0.25) is 0 Å². The van der Waals surface area contributed by atoms with Crippen LogP contribution in [0.4, 0.5) is 0 Å². The van der Waals surface area contributed by atoms with Gasteiger partial charge in [-0.15, -0.1) is 0 Å². The molecule has 2 aliphatic rings. The summed E-state index contributed by atoms with van der Waals surface area (Å²) < 4.78 is 13.1. The minimum Gasteiger partial charge on any atom is -0.379 e. The Morgan fingerprint density at radius 2 is 2.17 bits per heavy atom. The average molecular weight is 315 g/mol. The smallest absolute Gasteiger partial charge is 0.275 e. The number of aromatic nitrogens is 2. The van der Waals surface area contributed by atoms with Gasteiger partial charge in [0.05, 0.1) is 24.3 Å². The lowest BCUT2D eigenvalue weighted by molar-refractivity contribution is -0.0947. The Bertz CT molecular complexity index is 742. The van der Waals surface area contributed by atoms with Crippen molar-refractivity contribution in [1.29, 1.82) is 0 Å². The molecule has 3 atom stereocenters. The molecule has 0 unspecified atom stereocenters. The molecule has 1 saturated heterocycles. The summed E-state index contributed by atoms with van der Waals surface area (Å²) in [5.74, 6) is -0.00291. The molecule has 23 heavy (non-hydrogen) atoms. The Labute approximate surface area is 135 Å². The number of nitrogens with zero attached hydrogens (tertiary/aromatic N) is 3. The maximum absolute atomic E-state index is 13.1. The van der Waals surface area contributed by atoms with Gasteiger partial charge >= 0.3 is 0 Å². The van der Waals surface area contributed by atoms with E-state index < -0.39 is 0 Å². The van der Waals surface area contributed by atoms with Gasteiger partial charge in [0.25, 0.3) is 5.91 Å². The first-order valence-corrected chi connectivity index (χ1v) is 8.08. The fourth-order valence-corrected chi connectivity index (χ4v) is 3.93. The molecule has 0 spiro atoms. The Kier molecular flexibility index (Phi) is 3.58. The number of carbonyl (C=O) groups excluding carboxylic acids is 1. The molecule has 122 valence electrons. The largest absolute Gasteiger partial charge is 0.379 e. The first-order chi connectivity index (χ1) is 11.2. The van der Waals surface area contributed by atoms with E-state index in [0.717, 1.165) is 23.7 Å². The number of fused-ring (bicyclic) bond motifs is 2. The highest BCUT2D eigenvalue weighted by molar-refractivity contribution is 6.05. The fraction of sp³-hybridized carbons (Fsp3) is 0.529. The van der Waals surface area contributed by atoms with Gasteiger partial charge < -0.3 is 14.4 Å². The van der Waals surface area contributed by atoms with Gasteiger partial charge in [-0.05, 0) is 18.9 Å². The Hall–Kier alpha value is -1.92. The predicted octanol–water partition coefficient (Wildman–Crippen LogP) is 1.59. The number of benzene rings is 1. The molecule has 0 radical (unpaired) electrons. The van der Waals surface area contributed by atoms with E-state index in [9.17, 15) is 4.79 Å². The minimum atomic E-state index is -0.0207. The second-order valence-corrected chi connectivity index (χ2v) is 6.24. The van der Waals surface area contributed by atoms with Gasteiger partial charge in [0.2, 0.25) is 0 Å². The second kappa shape index (κ2) is 5.62. The van der Waals surface area contributed by atoms with Crippen LogP contribution in [0.1, 0.15) is 23.3 Å². The third kappa shape index (κ3) is 2.24. The van der Waals surface area contributed by atoms with E-state index in [1.54, 1.807) is 11.8 Å². The Morgan fingerprint density at radius 1 is 1.35 bits per heavy atom. The summed E-state index contributed by atoms with van der Waals surface area (Å²) in [6.45, 7) is 1.17. The number of rotatable bonds is 2. The van der Waals surface area contributed by atoms with Gasteiger partial charge in [0.1, 0.15) is 6.10 Å². The lowest BCUT2D eigenvalue weighted by Crippen LogP contribution is -2.53. The molecule has 0 N–H and O–H groups in total. The molecule has 1 aromatic carbocycles. The molecule has 6 heteroatoms. The summed E-state index contributed by atoms with van der Waals surface area (Å²) in [5, 5.41) is 5.38. The van der Waals surface area contributed by atoms with Crippen molar-refractivity contribution >= 4 is 16.8 Å². The van der Waals surface area contributed by atoms with E-state index in [4.69, 9.17) is 9.47 Å². The van der Waals surface area contributed by atoms with Crippen molar-refractivity contribution in [2.24, 2.45) is 7.05 Å². The zero-order valence-corrected chi connectivity index (χ0v) is 13.4. The first-order valence-electron chi connectivity index (χ1n) is 8.08. The van der Waals surface area contributed by atoms with E-state index in [0.29, 0.717) is 18.8 Å². The van der Waals surface area contributed by atoms with Crippen LogP contribution in [-0.4, -0.2) is 59.1 Å². The molecular weight excluding hydrogens is 294 g/mol. The number of para-hydroxylation sites is 1. The van der Waals surface area contributed by atoms with E-state index in [1.165, 1.54) is 0 Å². The fourth-order valence-electron chi connectivity index (χ4n) is 3.93. The highest BCUT2D eigenvalue weighted by Gasteiger charge is 2.45. The summed E-state index contributed by atoms with van der Waals surface area (Å²) in [4.78, 5) is 15.1. The quantitative estimate of drug-likeness (QED) is 0.844. The van der Waals surface area contributed by atoms with Crippen LogP contribution >= 0.6 is 0 Å². The monoisotopic (exact) mass is 315 g/mol. The van der Waals surface area contributed by atoms with E-state index >= 15 is 0 Å². The molecule has 4 rings (SSSR count). The van der Waals surface area contributed by atoms with Crippen LogP contribution in [0.15, 0.2) is 24.3 Å². The van der Waals surface area contributed by atoms with Crippen LogP contribution in [0.5, 0.6) is 0 Å². The topological polar surface area (TPSA) is 56.6 Å². The molecule has 6 nitrogen and oxygen atoms in total. The second-order valence-electron chi connectivity index (χ2n) is 6.24.